The van der Waals surface area contributed by atoms with Crippen LogP contribution < -0.4 is 9.62 Å². The molecule has 0 aliphatic carbocycles. The summed E-state index contributed by atoms with van der Waals surface area (Å²) in [6.45, 7) is 1.48. The average Bonchev–Trinajstić information content (AvgIpc) is 2.78. The standard InChI is InChI=1S/C22H29ClN4O4S/c1-5-20(22(29)24-2)26(15-17-11-13-18(23)14-12-17)21(28)16-27(32(30,31)25(3)4)19-9-7-6-8-10-19/h6-14,20H,5,15-16H2,1-4H3,(H,24,29)/t20-/m1/s1. The number of hydrogen-bond donors (Lipinski definition) is 1. The Morgan fingerprint density at radius 3 is 2.12 bits per heavy atom. The number of halogens is 1. The summed E-state index contributed by atoms with van der Waals surface area (Å²) in [5.74, 6) is -0.818. The van der Waals surface area contributed by atoms with Gasteiger partial charge in [0.2, 0.25) is 11.8 Å². The second-order valence-electron chi connectivity index (χ2n) is 7.32. The third kappa shape index (κ3) is 6.21. The van der Waals surface area contributed by atoms with E-state index in [9.17, 15) is 18.0 Å². The van der Waals surface area contributed by atoms with Crippen LogP contribution in [-0.2, 0) is 26.3 Å². The Morgan fingerprint density at radius 2 is 1.62 bits per heavy atom. The lowest BCUT2D eigenvalue weighted by Gasteiger charge is -2.33. The molecule has 10 heteroatoms. The highest BCUT2D eigenvalue weighted by atomic mass is 35.5. The van der Waals surface area contributed by atoms with Crippen molar-refractivity contribution in [2.45, 2.75) is 25.9 Å². The molecule has 0 unspecified atom stereocenters. The summed E-state index contributed by atoms with van der Waals surface area (Å²) < 4.78 is 28.1. The number of nitrogens with one attached hydrogen (secondary N) is 1. The molecule has 0 fully saturated rings. The van der Waals surface area contributed by atoms with Crippen molar-refractivity contribution in [1.82, 2.24) is 14.5 Å². The van der Waals surface area contributed by atoms with Gasteiger partial charge in [0, 0.05) is 32.7 Å². The Labute approximate surface area is 194 Å². The van der Waals surface area contributed by atoms with Crippen LogP contribution in [0.1, 0.15) is 18.9 Å². The minimum atomic E-state index is -3.96. The third-order valence-corrected chi connectivity index (χ3v) is 7.03. The Kier molecular flexibility index (Phi) is 9.06. The average molecular weight is 481 g/mol. The predicted octanol–water partition coefficient (Wildman–Crippen LogP) is 2.51. The molecule has 0 bridgehead atoms. The highest BCUT2D eigenvalue weighted by Crippen LogP contribution is 2.21. The number of carbonyl (C=O) groups excluding carboxylic acids is 2. The lowest BCUT2D eigenvalue weighted by Crippen LogP contribution is -2.52. The van der Waals surface area contributed by atoms with Crippen molar-refractivity contribution in [2.24, 2.45) is 0 Å². The summed E-state index contributed by atoms with van der Waals surface area (Å²) in [5.41, 5.74) is 1.13. The Bertz CT molecular complexity index is 1010. The zero-order valence-corrected chi connectivity index (χ0v) is 20.2. The SMILES string of the molecule is CC[C@H](C(=O)NC)N(Cc1ccc(Cl)cc1)C(=O)CN(c1ccccc1)S(=O)(=O)N(C)C. The molecule has 0 aromatic heterocycles. The van der Waals surface area contributed by atoms with Crippen molar-refractivity contribution in [3.05, 3.63) is 65.2 Å². The maximum Gasteiger partial charge on any atom is 0.304 e. The molecule has 0 saturated heterocycles. The van der Waals surface area contributed by atoms with E-state index < -0.39 is 28.7 Å². The molecule has 8 nitrogen and oxygen atoms in total. The lowest BCUT2D eigenvalue weighted by molar-refractivity contribution is -0.140. The van der Waals surface area contributed by atoms with E-state index in [-0.39, 0.29) is 12.5 Å². The van der Waals surface area contributed by atoms with Crippen LogP contribution in [0, 0.1) is 0 Å². The molecule has 174 valence electrons. The number of benzene rings is 2. The normalized spacial score (nSPS) is 12.3. The van der Waals surface area contributed by atoms with E-state index in [0.29, 0.717) is 17.1 Å². The maximum atomic E-state index is 13.5. The monoisotopic (exact) mass is 480 g/mol. The topological polar surface area (TPSA) is 90.0 Å². The van der Waals surface area contributed by atoms with Gasteiger partial charge in [0.25, 0.3) is 0 Å². The molecule has 0 aliphatic rings. The fraction of sp³-hybridized carbons (Fsp3) is 0.364. The summed E-state index contributed by atoms with van der Waals surface area (Å²) in [4.78, 5) is 27.4. The van der Waals surface area contributed by atoms with Crippen molar-refractivity contribution in [3.63, 3.8) is 0 Å². The molecule has 0 saturated carbocycles. The molecule has 1 N–H and O–H groups in total. The first kappa shape index (κ1) is 25.6. The van der Waals surface area contributed by atoms with Crippen LogP contribution >= 0.6 is 11.6 Å². The molecule has 32 heavy (non-hydrogen) atoms. The van der Waals surface area contributed by atoms with E-state index >= 15 is 0 Å². The summed E-state index contributed by atoms with van der Waals surface area (Å²) in [7, 11) is 0.353. The number of rotatable bonds is 10. The van der Waals surface area contributed by atoms with Crippen molar-refractivity contribution < 1.29 is 18.0 Å². The van der Waals surface area contributed by atoms with Crippen LogP contribution in [-0.4, -0.2) is 63.2 Å². The van der Waals surface area contributed by atoms with Crippen LogP contribution in [0.2, 0.25) is 5.02 Å². The first-order valence-corrected chi connectivity index (χ1v) is 11.9. The number of anilines is 1. The van der Waals surface area contributed by atoms with Crippen LogP contribution in [0.25, 0.3) is 0 Å². The molecule has 1 atom stereocenters. The number of carbonyl (C=O) groups is 2. The zero-order valence-electron chi connectivity index (χ0n) is 18.7. The first-order chi connectivity index (χ1) is 15.1. The minimum absolute atomic E-state index is 0.132. The van der Waals surface area contributed by atoms with Crippen molar-refractivity contribution in [3.8, 4) is 0 Å². The summed E-state index contributed by atoms with van der Waals surface area (Å²) in [6.07, 6.45) is 0.366. The van der Waals surface area contributed by atoms with Crippen LogP contribution in [0.5, 0.6) is 0 Å². The summed E-state index contributed by atoms with van der Waals surface area (Å²) in [5, 5.41) is 3.14. The molecule has 0 radical (unpaired) electrons. The van der Waals surface area contributed by atoms with Crippen LogP contribution in [0.4, 0.5) is 5.69 Å². The predicted molar refractivity (Wildman–Crippen MR) is 127 cm³/mol. The molecule has 0 aliphatic heterocycles. The molecule has 2 amide bonds. The van der Waals surface area contributed by atoms with Gasteiger partial charge in [-0.1, -0.05) is 48.9 Å². The second-order valence-corrected chi connectivity index (χ2v) is 9.82. The highest BCUT2D eigenvalue weighted by Gasteiger charge is 2.33. The number of hydrogen-bond acceptors (Lipinski definition) is 4. The van der Waals surface area contributed by atoms with E-state index in [0.717, 1.165) is 14.2 Å². The van der Waals surface area contributed by atoms with Crippen molar-refractivity contribution in [2.75, 3.05) is 32.0 Å². The molecule has 0 spiro atoms. The van der Waals surface area contributed by atoms with E-state index in [1.165, 1.54) is 26.0 Å². The van der Waals surface area contributed by atoms with Gasteiger partial charge >= 0.3 is 10.2 Å². The van der Waals surface area contributed by atoms with Gasteiger partial charge < -0.3 is 10.2 Å². The van der Waals surface area contributed by atoms with Gasteiger partial charge in [-0.15, -0.1) is 0 Å². The van der Waals surface area contributed by atoms with Gasteiger partial charge in [0.05, 0.1) is 5.69 Å². The zero-order chi connectivity index (χ0) is 23.9. The van der Waals surface area contributed by atoms with Crippen molar-refractivity contribution in [1.29, 1.82) is 0 Å². The maximum absolute atomic E-state index is 13.5. The van der Waals surface area contributed by atoms with Gasteiger partial charge in [0.15, 0.2) is 0 Å². The smallest absolute Gasteiger partial charge is 0.304 e. The molecule has 2 aromatic carbocycles. The van der Waals surface area contributed by atoms with E-state index in [4.69, 9.17) is 11.6 Å². The summed E-state index contributed by atoms with van der Waals surface area (Å²) >= 11 is 5.97. The summed E-state index contributed by atoms with van der Waals surface area (Å²) in [6, 6.07) is 14.6. The lowest BCUT2D eigenvalue weighted by atomic mass is 10.1. The van der Waals surface area contributed by atoms with Crippen molar-refractivity contribution >= 4 is 39.3 Å². The van der Waals surface area contributed by atoms with Gasteiger partial charge in [-0.05, 0) is 36.2 Å². The Morgan fingerprint density at radius 1 is 1.03 bits per heavy atom. The fourth-order valence-electron chi connectivity index (χ4n) is 3.18. The quantitative estimate of drug-likeness (QED) is 0.565. The minimum Gasteiger partial charge on any atom is -0.357 e. The van der Waals surface area contributed by atoms with Gasteiger partial charge in [-0.25, -0.2) is 4.31 Å². The number of para-hydroxylation sites is 1. The molecule has 2 rings (SSSR count). The molecule has 0 heterocycles. The second kappa shape index (κ2) is 11.3. The highest BCUT2D eigenvalue weighted by molar-refractivity contribution is 7.90. The number of nitrogens with zero attached hydrogens (tertiary/aromatic N) is 3. The largest absolute Gasteiger partial charge is 0.357 e. The fourth-order valence-corrected chi connectivity index (χ4v) is 4.37. The Balaban J connectivity index is 2.45. The molecular weight excluding hydrogens is 452 g/mol. The Hall–Kier alpha value is -2.62. The first-order valence-electron chi connectivity index (χ1n) is 10.1. The number of amides is 2. The van der Waals surface area contributed by atoms with Gasteiger partial charge in [-0.3, -0.25) is 9.59 Å². The number of likely N-dealkylation sites (N-methyl/N-ethyl adjacent to an activating group) is 1. The van der Waals surface area contributed by atoms with E-state index in [1.807, 2.05) is 0 Å². The molecular formula is C22H29ClN4O4S. The van der Waals surface area contributed by atoms with Crippen LogP contribution in [0.3, 0.4) is 0 Å². The van der Waals surface area contributed by atoms with Gasteiger partial charge in [0.1, 0.15) is 12.6 Å². The van der Waals surface area contributed by atoms with E-state index in [2.05, 4.69) is 5.32 Å². The van der Waals surface area contributed by atoms with Gasteiger partial charge in [-0.2, -0.15) is 12.7 Å². The van der Waals surface area contributed by atoms with E-state index in [1.54, 1.807) is 61.5 Å². The van der Waals surface area contributed by atoms with Crippen LogP contribution in [0.15, 0.2) is 54.6 Å². The third-order valence-electron chi connectivity index (χ3n) is 4.96. The molecule has 2 aromatic rings.